The number of rotatable bonds is 6. The van der Waals surface area contributed by atoms with Crippen molar-refractivity contribution in [3.05, 3.63) is 64.0 Å². The molecule has 0 heterocycles. The number of nitro benzene ring substituents is 1. The zero-order valence-electron chi connectivity index (χ0n) is 13.0. The molecule has 0 bridgehead atoms. The molecule has 0 aliphatic heterocycles. The average Bonchev–Trinajstić information content (AvgIpc) is 2.55. The lowest BCUT2D eigenvalue weighted by molar-refractivity contribution is -0.384. The first-order valence-corrected chi connectivity index (χ1v) is 8.23. The number of benzene rings is 2. The van der Waals surface area contributed by atoms with Crippen LogP contribution in [0.4, 0.5) is 10.1 Å². The number of hydrogen-bond donors (Lipinski definition) is 0. The quantitative estimate of drug-likeness (QED) is 0.587. The fraction of sp³-hybridized carbons (Fsp3) is 0.200. The van der Waals surface area contributed by atoms with Crippen molar-refractivity contribution in [2.45, 2.75) is 11.4 Å². The number of sulfonamides is 1. The largest absolute Gasteiger partial charge is 0.494 e. The van der Waals surface area contributed by atoms with Crippen molar-refractivity contribution >= 4 is 15.7 Å². The molecule has 2 rings (SSSR count). The third-order valence-electron chi connectivity index (χ3n) is 3.38. The molecule has 0 aromatic heterocycles. The molecule has 24 heavy (non-hydrogen) atoms. The summed E-state index contributed by atoms with van der Waals surface area (Å²) in [4.78, 5) is 9.93. The number of methoxy groups -OCH3 is 1. The molecular formula is C15H15FN2O5S. The maximum atomic E-state index is 13.7. The Morgan fingerprint density at radius 2 is 1.83 bits per heavy atom. The Kier molecular flexibility index (Phi) is 5.15. The summed E-state index contributed by atoms with van der Waals surface area (Å²) in [6, 6.07) is 8.74. The molecule has 0 atom stereocenters. The summed E-state index contributed by atoms with van der Waals surface area (Å²) in [7, 11) is -1.17. The lowest BCUT2D eigenvalue weighted by Gasteiger charge is -2.17. The number of hydrogen-bond acceptors (Lipinski definition) is 5. The lowest BCUT2D eigenvalue weighted by Crippen LogP contribution is -2.26. The zero-order valence-corrected chi connectivity index (χ0v) is 13.8. The molecule has 0 N–H and O–H groups in total. The fourth-order valence-electron chi connectivity index (χ4n) is 2.07. The zero-order chi connectivity index (χ0) is 17.9. The Hall–Kier alpha value is -2.52. The van der Waals surface area contributed by atoms with Crippen LogP contribution in [0.15, 0.2) is 47.4 Å². The van der Waals surface area contributed by atoms with Gasteiger partial charge in [-0.1, -0.05) is 6.07 Å². The van der Waals surface area contributed by atoms with E-state index in [0.29, 0.717) is 5.56 Å². The molecule has 0 saturated heterocycles. The highest BCUT2D eigenvalue weighted by atomic mass is 32.2. The van der Waals surface area contributed by atoms with Crippen LogP contribution < -0.4 is 4.74 Å². The third kappa shape index (κ3) is 3.69. The Morgan fingerprint density at radius 3 is 2.33 bits per heavy atom. The summed E-state index contributed by atoms with van der Waals surface area (Å²) in [6.07, 6.45) is 0. The third-order valence-corrected chi connectivity index (χ3v) is 5.19. The van der Waals surface area contributed by atoms with E-state index < -0.39 is 20.8 Å². The van der Waals surface area contributed by atoms with Gasteiger partial charge >= 0.3 is 0 Å². The second-order valence-electron chi connectivity index (χ2n) is 4.98. The van der Waals surface area contributed by atoms with Gasteiger partial charge in [0.05, 0.1) is 16.9 Å². The van der Waals surface area contributed by atoms with Gasteiger partial charge in [-0.3, -0.25) is 10.1 Å². The van der Waals surface area contributed by atoms with Crippen molar-refractivity contribution in [1.82, 2.24) is 4.31 Å². The van der Waals surface area contributed by atoms with Crippen molar-refractivity contribution in [2.75, 3.05) is 14.2 Å². The molecule has 0 unspecified atom stereocenters. The summed E-state index contributed by atoms with van der Waals surface area (Å²) >= 11 is 0. The van der Waals surface area contributed by atoms with Gasteiger partial charge in [0.15, 0.2) is 11.6 Å². The first kappa shape index (κ1) is 17.8. The Morgan fingerprint density at radius 1 is 1.21 bits per heavy atom. The fourth-order valence-corrected chi connectivity index (χ4v) is 3.23. The Bertz CT molecular complexity index is 853. The molecule has 0 aliphatic rings. The molecule has 0 aliphatic carbocycles. The Balaban J connectivity index is 2.22. The van der Waals surface area contributed by atoms with Gasteiger partial charge in [0.2, 0.25) is 10.0 Å². The van der Waals surface area contributed by atoms with Crippen LogP contribution in [0.5, 0.6) is 5.75 Å². The van der Waals surface area contributed by atoms with Gasteiger partial charge in [-0.05, 0) is 29.8 Å². The van der Waals surface area contributed by atoms with Crippen LogP contribution in [0.25, 0.3) is 0 Å². The number of halogens is 1. The van der Waals surface area contributed by atoms with Crippen LogP contribution in [0, 0.1) is 15.9 Å². The van der Waals surface area contributed by atoms with Gasteiger partial charge < -0.3 is 4.74 Å². The van der Waals surface area contributed by atoms with Crippen LogP contribution in [-0.2, 0) is 16.6 Å². The van der Waals surface area contributed by atoms with E-state index >= 15 is 0 Å². The minimum Gasteiger partial charge on any atom is -0.494 e. The number of nitro groups is 1. The summed E-state index contributed by atoms with van der Waals surface area (Å²) < 4.78 is 44.5. The number of nitrogens with zero attached hydrogens (tertiary/aromatic N) is 2. The molecule has 2 aromatic rings. The highest BCUT2D eigenvalue weighted by Gasteiger charge is 2.22. The molecule has 7 nitrogen and oxygen atoms in total. The van der Waals surface area contributed by atoms with E-state index in [1.165, 1.54) is 38.4 Å². The molecule has 128 valence electrons. The smallest absolute Gasteiger partial charge is 0.269 e. The molecule has 2 aromatic carbocycles. The molecule has 0 fully saturated rings. The lowest BCUT2D eigenvalue weighted by atomic mass is 10.2. The standard InChI is InChI=1S/C15H15FN2O5S/c1-17(10-11-3-8-15(23-2)14(16)9-11)24(21,22)13-6-4-12(5-7-13)18(19)20/h3-9H,10H2,1-2H3. The van der Waals surface area contributed by atoms with Crippen molar-refractivity contribution in [1.29, 1.82) is 0 Å². The van der Waals surface area contributed by atoms with E-state index in [4.69, 9.17) is 4.74 Å². The van der Waals surface area contributed by atoms with Crippen molar-refractivity contribution in [2.24, 2.45) is 0 Å². The van der Waals surface area contributed by atoms with Crippen molar-refractivity contribution in [3.63, 3.8) is 0 Å². The van der Waals surface area contributed by atoms with E-state index in [0.717, 1.165) is 16.4 Å². The van der Waals surface area contributed by atoms with Gasteiger partial charge in [-0.15, -0.1) is 0 Å². The van der Waals surface area contributed by atoms with Gasteiger partial charge in [0.25, 0.3) is 5.69 Å². The van der Waals surface area contributed by atoms with Crippen molar-refractivity contribution in [3.8, 4) is 5.75 Å². The van der Waals surface area contributed by atoms with Gasteiger partial charge in [-0.25, -0.2) is 12.8 Å². The van der Waals surface area contributed by atoms with Crippen LogP contribution in [-0.4, -0.2) is 31.8 Å². The first-order valence-electron chi connectivity index (χ1n) is 6.79. The maximum Gasteiger partial charge on any atom is 0.269 e. The highest BCUT2D eigenvalue weighted by molar-refractivity contribution is 7.89. The monoisotopic (exact) mass is 354 g/mol. The SMILES string of the molecule is COc1ccc(CN(C)S(=O)(=O)c2ccc([N+](=O)[O-])cc2)cc1F. The van der Waals surface area contributed by atoms with Crippen LogP contribution in [0.1, 0.15) is 5.56 Å². The topological polar surface area (TPSA) is 89.8 Å². The van der Waals surface area contributed by atoms with Gasteiger partial charge in [0, 0.05) is 25.7 Å². The number of ether oxygens (including phenoxy) is 1. The molecule has 0 saturated carbocycles. The van der Waals surface area contributed by atoms with E-state index in [2.05, 4.69) is 0 Å². The molecule has 0 amide bonds. The minimum atomic E-state index is -3.85. The van der Waals surface area contributed by atoms with E-state index in [-0.39, 0.29) is 22.9 Å². The predicted octanol–water partition coefficient (Wildman–Crippen LogP) is 2.56. The molecule has 0 radical (unpaired) electrons. The summed E-state index contributed by atoms with van der Waals surface area (Å²) in [5, 5.41) is 10.6. The maximum absolute atomic E-state index is 13.7. The van der Waals surface area contributed by atoms with Crippen LogP contribution in [0.2, 0.25) is 0 Å². The van der Waals surface area contributed by atoms with Crippen LogP contribution in [0.3, 0.4) is 0 Å². The molecule has 9 heteroatoms. The predicted molar refractivity (Wildman–Crippen MR) is 84.7 cm³/mol. The summed E-state index contributed by atoms with van der Waals surface area (Å²) in [5.74, 6) is -0.518. The molecule has 0 spiro atoms. The second kappa shape index (κ2) is 6.93. The second-order valence-corrected chi connectivity index (χ2v) is 7.03. The summed E-state index contributed by atoms with van der Waals surface area (Å²) in [6.45, 7) is -0.0553. The normalized spacial score (nSPS) is 11.5. The van der Waals surface area contributed by atoms with Gasteiger partial charge in [0.1, 0.15) is 0 Å². The highest BCUT2D eigenvalue weighted by Crippen LogP contribution is 2.22. The minimum absolute atomic E-state index is 0.0553. The van der Waals surface area contributed by atoms with E-state index in [1.807, 2.05) is 0 Å². The van der Waals surface area contributed by atoms with Crippen LogP contribution >= 0.6 is 0 Å². The van der Waals surface area contributed by atoms with Gasteiger partial charge in [-0.2, -0.15) is 4.31 Å². The van der Waals surface area contributed by atoms with Crippen molar-refractivity contribution < 1.29 is 22.5 Å². The molecular weight excluding hydrogens is 339 g/mol. The number of non-ortho nitro benzene ring substituents is 1. The Labute approximate surface area is 138 Å². The summed E-state index contributed by atoms with van der Waals surface area (Å²) in [5.41, 5.74) is 0.245. The van der Waals surface area contributed by atoms with E-state index in [1.54, 1.807) is 6.07 Å². The average molecular weight is 354 g/mol. The first-order chi connectivity index (χ1) is 11.3. The van der Waals surface area contributed by atoms with E-state index in [9.17, 15) is 22.9 Å².